The van der Waals surface area contributed by atoms with Gasteiger partial charge in [0.15, 0.2) is 0 Å². The lowest BCUT2D eigenvalue weighted by molar-refractivity contribution is -0.150. The van der Waals surface area contributed by atoms with Crippen LogP contribution in [0, 0.1) is 23.6 Å². The van der Waals surface area contributed by atoms with E-state index in [0.29, 0.717) is 29.5 Å². The third kappa shape index (κ3) is 2.41. The molecule has 1 heterocycles. The summed E-state index contributed by atoms with van der Waals surface area (Å²) < 4.78 is 14.0. The molecule has 0 spiro atoms. The molecule has 1 aromatic carbocycles. The van der Waals surface area contributed by atoms with Crippen LogP contribution in [0.25, 0.3) is 0 Å². The Bertz CT molecular complexity index is 689. The van der Waals surface area contributed by atoms with E-state index in [1.54, 1.807) is 12.1 Å². The van der Waals surface area contributed by atoms with Gasteiger partial charge in [-0.05, 0) is 43.2 Å². The van der Waals surface area contributed by atoms with Gasteiger partial charge in [0.1, 0.15) is 11.9 Å². The van der Waals surface area contributed by atoms with Crippen LogP contribution >= 0.6 is 11.6 Å². The van der Waals surface area contributed by atoms with E-state index in [1.165, 1.54) is 11.0 Å². The summed E-state index contributed by atoms with van der Waals surface area (Å²) in [5, 5.41) is 9.91. The van der Waals surface area contributed by atoms with Crippen molar-refractivity contribution in [3.63, 3.8) is 0 Å². The summed E-state index contributed by atoms with van der Waals surface area (Å²) in [6.45, 7) is 0.523. The molecule has 1 N–H and O–H groups in total. The van der Waals surface area contributed by atoms with Gasteiger partial charge in [-0.25, -0.2) is 9.18 Å². The molecule has 1 amide bonds. The van der Waals surface area contributed by atoms with Gasteiger partial charge in [-0.1, -0.05) is 24.1 Å². The summed E-state index contributed by atoms with van der Waals surface area (Å²) in [6, 6.07) is 3.80. The van der Waals surface area contributed by atoms with Gasteiger partial charge in [-0.15, -0.1) is 0 Å². The third-order valence-electron chi connectivity index (χ3n) is 5.90. The smallest absolute Gasteiger partial charge is 0.326 e. The van der Waals surface area contributed by atoms with Crippen molar-refractivity contribution >= 4 is 23.5 Å². The average Bonchev–Trinajstić information content (AvgIpc) is 3.00. The molecule has 2 aliphatic carbocycles. The van der Waals surface area contributed by atoms with Crippen LogP contribution in [0.2, 0.25) is 5.02 Å². The van der Waals surface area contributed by atoms with Gasteiger partial charge >= 0.3 is 5.97 Å². The molecule has 5 atom stereocenters. The Balaban J connectivity index is 1.54. The molecule has 5 unspecified atom stereocenters. The number of rotatable bonds is 3. The summed E-state index contributed by atoms with van der Waals surface area (Å²) in [6.07, 6.45) is 3.44. The number of halogens is 2. The van der Waals surface area contributed by atoms with Crippen molar-refractivity contribution in [2.24, 2.45) is 17.8 Å². The number of nitrogens with zero attached hydrogens (tertiary/aromatic N) is 1. The molecule has 4 rings (SSSR count). The highest BCUT2D eigenvalue weighted by Crippen LogP contribution is 2.53. The molecule has 3 aliphatic rings. The molecule has 0 radical (unpaired) electrons. The Morgan fingerprint density at radius 1 is 1.29 bits per heavy atom. The van der Waals surface area contributed by atoms with E-state index in [2.05, 4.69) is 0 Å². The zero-order valence-corrected chi connectivity index (χ0v) is 13.9. The molecule has 3 fully saturated rings. The normalized spacial score (nSPS) is 34.2. The van der Waals surface area contributed by atoms with E-state index in [1.807, 2.05) is 0 Å². The van der Waals surface area contributed by atoms with Gasteiger partial charge in [0.2, 0.25) is 5.91 Å². The molecule has 0 bridgehead atoms. The number of likely N-dealkylation sites (tertiary alicyclic amines) is 1. The predicted octanol–water partition coefficient (Wildman–Crippen LogP) is 3.29. The maximum atomic E-state index is 14.0. The second-order valence-corrected chi connectivity index (χ2v) is 7.62. The monoisotopic (exact) mass is 351 g/mol. The first kappa shape index (κ1) is 15.9. The first-order valence-electron chi connectivity index (χ1n) is 8.46. The topological polar surface area (TPSA) is 57.6 Å². The van der Waals surface area contributed by atoms with Crippen LogP contribution in [0.3, 0.4) is 0 Å². The van der Waals surface area contributed by atoms with Gasteiger partial charge in [-0.3, -0.25) is 4.79 Å². The zero-order chi connectivity index (χ0) is 17.0. The summed E-state index contributed by atoms with van der Waals surface area (Å²) in [7, 11) is 0. The minimum absolute atomic E-state index is 0.0701. The van der Waals surface area contributed by atoms with Crippen molar-refractivity contribution in [1.82, 2.24) is 4.90 Å². The second-order valence-electron chi connectivity index (χ2n) is 7.21. The Morgan fingerprint density at radius 3 is 2.79 bits per heavy atom. The molecule has 1 aromatic rings. The standard InChI is InChI=1S/C18H19ClFNO3/c19-13-5-2-6-14(20)15(13)11-7-12(11)17(22)21-8-9-3-1-4-10(9)16(21)18(23)24/h2,5-6,9-12,16H,1,3-4,7-8H2,(H,23,24). The van der Waals surface area contributed by atoms with Crippen LogP contribution in [-0.4, -0.2) is 34.5 Å². The number of aliphatic carboxylic acids is 1. The van der Waals surface area contributed by atoms with Crippen molar-refractivity contribution in [3.8, 4) is 0 Å². The van der Waals surface area contributed by atoms with E-state index in [9.17, 15) is 19.1 Å². The van der Waals surface area contributed by atoms with Crippen molar-refractivity contribution < 1.29 is 19.1 Å². The highest BCUT2D eigenvalue weighted by molar-refractivity contribution is 6.31. The number of carbonyl (C=O) groups is 2. The lowest BCUT2D eigenvalue weighted by Crippen LogP contribution is -2.44. The average molecular weight is 352 g/mol. The Morgan fingerprint density at radius 2 is 2.08 bits per heavy atom. The van der Waals surface area contributed by atoms with Crippen molar-refractivity contribution in [2.75, 3.05) is 6.54 Å². The summed E-state index contributed by atoms with van der Waals surface area (Å²) >= 11 is 6.09. The van der Waals surface area contributed by atoms with Gasteiger partial charge in [0, 0.05) is 29.0 Å². The van der Waals surface area contributed by atoms with E-state index in [-0.39, 0.29) is 23.7 Å². The molecular weight excluding hydrogens is 333 g/mol. The Kier molecular flexibility index (Phi) is 3.79. The number of amides is 1. The van der Waals surface area contributed by atoms with Crippen LogP contribution in [0.1, 0.15) is 37.2 Å². The molecule has 1 aliphatic heterocycles. The summed E-state index contributed by atoms with van der Waals surface area (Å²) in [5.41, 5.74) is 0.392. The first-order valence-corrected chi connectivity index (χ1v) is 8.84. The quantitative estimate of drug-likeness (QED) is 0.909. The lowest BCUT2D eigenvalue weighted by Gasteiger charge is -2.24. The van der Waals surface area contributed by atoms with Crippen LogP contribution in [0.15, 0.2) is 18.2 Å². The fourth-order valence-electron chi connectivity index (χ4n) is 4.71. The number of hydrogen-bond donors (Lipinski definition) is 1. The van der Waals surface area contributed by atoms with E-state index >= 15 is 0 Å². The van der Waals surface area contributed by atoms with Gasteiger partial charge in [-0.2, -0.15) is 0 Å². The van der Waals surface area contributed by atoms with Gasteiger partial charge < -0.3 is 10.0 Å². The molecule has 24 heavy (non-hydrogen) atoms. The minimum Gasteiger partial charge on any atom is -0.480 e. The molecule has 0 aromatic heterocycles. The maximum absolute atomic E-state index is 14.0. The zero-order valence-electron chi connectivity index (χ0n) is 13.1. The number of carbonyl (C=O) groups excluding carboxylic acids is 1. The highest BCUT2D eigenvalue weighted by atomic mass is 35.5. The number of carboxylic acids is 1. The maximum Gasteiger partial charge on any atom is 0.326 e. The van der Waals surface area contributed by atoms with Gasteiger partial charge in [0.25, 0.3) is 0 Å². The lowest BCUT2D eigenvalue weighted by atomic mass is 9.94. The Labute approximate surface area is 144 Å². The van der Waals surface area contributed by atoms with Crippen molar-refractivity contribution in [2.45, 2.75) is 37.6 Å². The fraction of sp³-hybridized carbons (Fsp3) is 0.556. The number of carboxylic acid groups (broad SMARTS) is 1. The third-order valence-corrected chi connectivity index (χ3v) is 6.23. The highest BCUT2D eigenvalue weighted by Gasteiger charge is 2.55. The predicted molar refractivity (Wildman–Crippen MR) is 86.2 cm³/mol. The van der Waals surface area contributed by atoms with E-state index < -0.39 is 17.8 Å². The molecule has 6 heteroatoms. The molecule has 2 saturated carbocycles. The molecule has 1 saturated heterocycles. The molecule has 4 nitrogen and oxygen atoms in total. The minimum atomic E-state index is -0.918. The summed E-state index contributed by atoms with van der Waals surface area (Å²) in [5.74, 6) is -1.68. The van der Waals surface area contributed by atoms with Gasteiger partial charge in [0.05, 0.1) is 0 Å². The van der Waals surface area contributed by atoms with E-state index in [4.69, 9.17) is 11.6 Å². The SMILES string of the molecule is O=C(O)C1C2CCCC2CN1C(=O)C1CC1c1c(F)cccc1Cl. The number of benzene rings is 1. The van der Waals surface area contributed by atoms with Crippen LogP contribution in [0.5, 0.6) is 0 Å². The molecular formula is C18H19ClFNO3. The van der Waals surface area contributed by atoms with Crippen molar-refractivity contribution in [1.29, 1.82) is 0 Å². The first-order chi connectivity index (χ1) is 11.5. The largest absolute Gasteiger partial charge is 0.480 e. The second kappa shape index (κ2) is 5.73. The Hall–Kier alpha value is -1.62. The summed E-state index contributed by atoms with van der Waals surface area (Å²) in [4.78, 5) is 26.1. The molecule has 128 valence electrons. The van der Waals surface area contributed by atoms with Crippen molar-refractivity contribution in [3.05, 3.63) is 34.6 Å². The number of hydrogen-bond acceptors (Lipinski definition) is 2. The van der Waals surface area contributed by atoms with E-state index in [0.717, 1.165) is 19.3 Å². The number of fused-ring (bicyclic) bond motifs is 1. The van der Waals surface area contributed by atoms with Crippen LogP contribution in [-0.2, 0) is 9.59 Å². The van der Waals surface area contributed by atoms with Crippen LogP contribution < -0.4 is 0 Å². The van der Waals surface area contributed by atoms with Crippen LogP contribution in [0.4, 0.5) is 4.39 Å². The fourth-order valence-corrected chi connectivity index (χ4v) is 5.02.